The number of carbonyl (C=O) groups excluding carboxylic acids is 1. The van der Waals surface area contributed by atoms with Gasteiger partial charge in [-0.1, -0.05) is 60.2 Å². The minimum Gasteiger partial charge on any atom is -0.294 e. The van der Waals surface area contributed by atoms with E-state index in [1.165, 1.54) is 0 Å². The summed E-state index contributed by atoms with van der Waals surface area (Å²) in [5.74, 6) is -0.462. The van der Waals surface area contributed by atoms with Gasteiger partial charge in [-0.15, -0.1) is 0 Å². The molecule has 1 atom stereocenters. The van der Waals surface area contributed by atoms with E-state index < -0.39 is 5.92 Å². The van der Waals surface area contributed by atoms with E-state index in [9.17, 15) is 14.9 Å². The number of Topliss-reactive ketones (excluding diaryl/α,β-unsaturated/α-hetero) is 1. The molecule has 4 heteroatoms. The van der Waals surface area contributed by atoms with E-state index in [4.69, 9.17) is 0 Å². The van der Waals surface area contributed by atoms with Gasteiger partial charge in [-0.25, -0.2) is 0 Å². The van der Waals surface area contributed by atoms with Gasteiger partial charge in [0.1, 0.15) is 0 Å². The molecular formula is C17H17NO3. The van der Waals surface area contributed by atoms with Crippen LogP contribution >= 0.6 is 0 Å². The number of carbonyl (C=O) groups is 1. The second-order valence-electron chi connectivity index (χ2n) is 5.12. The lowest BCUT2D eigenvalue weighted by atomic mass is 9.91. The topological polar surface area (TPSA) is 60.2 Å². The van der Waals surface area contributed by atoms with E-state index in [0.29, 0.717) is 5.56 Å². The largest absolute Gasteiger partial charge is 0.294 e. The molecule has 0 aromatic heterocycles. The molecule has 2 aromatic rings. The van der Waals surface area contributed by atoms with E-state index in [1.807, 2.05) is 37.3 Å². The molecule has 0 saturated heterocycles. The summed E-state index contributed by atoms with van der Waals surface area (Å²) in [6.07, 6.45) is 0.147. The summed E-state index contributed by atoms with van der Waals surface area (Å²) in [5, 5.41) is 10.9. The highest BCUT2D eigenvalue weighted by Gasteiger charge is 2.22. The molecule has 0 aliphatic rings. The highest BCUT2D eigenvalue weighted by Crippen LogP contribution is 2.22. The third kappa shape index (κ3) is 4.24. The smallest absolute Gasteiger partial charge is 0.211 e. The third-order valence-corrected chi connectivity index (χ3v) is 3.45. The molecule has 0 radical (unpaired) electrons. The zero-order chi connectivity index (χ0) is 15.2. The van der Waals surface area contributed by atoms with Crippen molar-refractivity contribution in [2.75, 3.05) is 6.54 Å². The Kier molecular flexibility index (Phi) is 4.82. The van der Waals surface area contributed by atoms with Crippen LogP contribution in [0, 0.1) is 17.0 Å². The fraction of sp³-hybridized carbons (Fsp3) is 0.235. The molecule has 0 unspecified atom stereocenters. The lowest BCUT2D eigenvalue weighted by Gasteiger charge is -2.13. The first-order valence-corrected chi connectivity index (χ1v) is 6.83. The average molecular weight is 283 g/mol. The first-order valence-electron chi connectivity index (χ1n) is 6.83. The summed E-state index contributed by atoms with van der Waals surface area (Å²) < 4.78 is 0. The van der Waals surface area contributed by atoms with E-state index in [2.05, 4.69) is 0 Å². The normalized spacial score (nSPS) is 11.9. The predicted molar refractivity (Wildman–Crippen MR) is 81.2 cm³/mol. The molecule has 21 heavy (non-hydrogen) atoms. The van der Waals surface area contributed by atoms with Crippen LogP contribution in [0.2, 0.25) is 0 Å². The zero-order valence-electron chi connectivity index (χ0n) is 11.9. The van der Waals surface area contributed by atoms with Crippen LogP contribution in [0.3, 0.4) is 0 Å². The van der Waals surface area contributed by atoms with Crippen molar-refractivity contribution in [3.63, 3.8) is 0 Å². The van der Waals surface area contributed by atoms with Crippen LogP contribution in [-0.4, -0.2) is 17.3 Å². The van der Waals surface area contributed by atoms with Crippen molar-refractivity contribution in [2.45, 2.75) is 19.3 Å². The quantitative estimate of drug-likeness (QED) is 0.462. The maximum Gasteiger partial charge on any atom is 0.211 e. The number of hydrogen-bond donors (Lipinski definition) is 0. The van der Waals surface area contributed by atoms with Crippen molar-refractivity contribution < 1.29 is 9.72 Å². The summed E-state index contributed by atoms with van der Waals surface area (Å²) >= 11 is 0. The number of nitro groups is 1. The molecule has 0 aliphatic heterocycles. The Balaban J connectivity index is 2.18. The SMILES string of the molecule is Cc1ccc([C@@H](CC(=O)c2ccccc2)C[N+](=O)[O-])cc1. The molecule has 0 fully saturated rings. The molecule has 0 N–H and O–H groups in total. The van der Waals surface area contributed by atoms with Crippen molar-refractivity contribution >= 4 is 5.78 Å². The number of rotatable bonds is 6. The van der Waals surface area contributed by atoms with Crippen molar-refractivity contribution in [3.05, 3.63) is 81.4 Å². The maximum atomic E-state index is 12.3. The van der Waals surface area contributed by atoms with Crippen LogP contribution in [0.25, 0.3) is 0 Å². The molecule has 0 spiro atoms. The van der Waals surface area contributed by atoms with Crippen LogP contribution in [0.5, 0.6) is 0 Å². The van der Waals surface area contributed by atoms with Crippen molar-refractivity contribution in [1.29, 1.82) is 0 Å². The molecule has 0 aliphatic carbocycles. The monoisotopic (exact) mass is 283 g/mol. The lowest BCUT2D eigenvalue weighted by Crippen LogP contribution is -2.16. The number of benzene rings is 2. The fourth-order valence-electron chi connectivity index (χ4n) is 2.27. The Labute approximate surface area is 123 Å². The Hall–Kier alpha value is -2.49. The van der Waals surface area contributed by atoms with Crippen LogP contribution in [0.15, 0.2) is 54.6 Å². The van der Waals surface area contributed by atoms with Gasteiger partial charge < -0.3 is 0 Å². The van der Waals surface area contributed by atoms with Gasteiger partial charge in [0.2, 0.25) is 6.54 Å². The van der Waals surface area contributed by atoms with Gasteiger partial charge in [0.15, 0.2) is 5.78 Å². The van der Waals surface area contributed by atoms with Crippen molar-refractivity contribution in [2.24, 2.45) is 0 Å². The average Bonchev–Trinajstić information content (AvgIpc) is 2.48. The number of ketones is 1. The van der Waals surface area contributed by atoms with E-state index >= 15 is 0 Å². The van der Waals surface area contributed by atoms with Gasteiger partial charge in [0.05, 0.1) is 5.92 Å². The molecule has 108 valence electrons. The van der Waals surface area contributed by atoms with Gasteiger partial charge in [0, 0.05) is 16.9 Å². The highest BCUT2D eigenvalue weighted by atomic mass is 16.6. The molecule has 0 bridgehead atoms. The van der Waals surface area contributed by atoms with Gasteiger partial charge in [-0.05, 0) is 12.5 Å². The summed E-state index contributed by atoms with van der Waals surface area (Å²) in [6.45, 7) is 1.73. The Bertz CT molecular complexity index is 620. The molecular weight excluding hydrogens is 266 g/mol. The molecule has 0 saturated carbocycles. The van der Waals surface area contributed by atoms with E-state index in [0.717, 1.165) is 11.1 Å². The predicted octanol–water partition coefficient (Wildman–Crippen LogP) is 3.63. The maximum absolute atomic E-state index is 12.3. The lowest BCUT2D eigenvalue weighted by molar-refractivity contribution is -0.483. The number of aryl methyl sites for hydroxylation is 1. The van der Waals surface area contributed by atoms with Gasteiger partial charge in [0.25, 0.3) is 0 Å². The zero-order valence-corrected chi connectivity index (χ0v) is 11.9. The summed E-state index contributed by atoms with van der Waals surface area (Å²) in [4.78, 5) is 22.8. The second-order valence-corrected chi connectivity index (χ2v) is 5.12. The summed E-state index contributed by atoms with van der Waals surface area (Å²) in [7, 11) is 0. The minimum absolute atomic E-state index is 0.0666. The number of nitrogens with zero attached hydrogens (tertiary/aromatic N) is 1. The summed E-state index contributed by atoms with van der Waals surface area (Å²) in [6, 6.07) is 16.4. The summed E-state index contributed by atoms with van der Waals surface area (Å²) in [5.41, 5.74) is 2.52. The van der Waals surface area contributed by atoms with Gasteiger partial charge in [-0.2, -0.15) is 0 Å². The minimum atomic E-state index is -0.395. The molecule has 0 heterocycles. The van der Waals surface area contributed by atoms with Gasteiger partial charge in [-0.3, -0.25) is 14.9 Å². The molecule has 4 nitrogen and oxygen atoms in total. The Morgan fingerprint density at radius 1 is 1.10 bits per heavy atom. The second kappa shape index (κ2) is 6.79. The van der Waals surface area contributed by atoms with Crippen LogP contribution in [0.1, 0.15) is 33.8 Å². The van der Waals surface area contributed by atoms with Crippen LogP contribution in [0.4, 0.5) is 0 Å². The van der Waals surface area contributed by atoms with E-state index in [-0.39, 0.29) is 23.7 Å². The van der Waals surface area contributed by atoms with Crippen LogP contribution < -0.4 is 0 Å². The molecule has 2 aromatic carbocycles. The van der Waals surface area contributed by atoms with Crippen LogP contribution in [-0.2, 0) is 0 Å². The van der Waals surface area contributed by atoms with E-state index in [1.54, 1.807) is 24.3 Å². The molecule has 0 amide bonds. The van der Waals surface area contributed by atoms with Crippen molar-refractivity contribution in [1.82, 2.24) is 0 Å². The first-order chi connectivity index (χ1) is 10.1. The van der Waals surface area contributed by atoms with Gasteiger partial charge >= 0.3 is 0 Å². The highest BCUT2D eigenvalue weighted by molar-refractivity contribution is 5.96. The molecule has 2 rings (SSSR count). The van der Waals surface area contributed by atoms with Crippen molar-refractivity contribution in [3.8, 4) is 0 Å². The standard InChI is InChI=1S/C17H17NO3/c1-13-7-9-14(10-8-13)16(12-18(20)21)11-17(19)15-5-3-2-4-6-15/h2-10,16H,11-12H2,1H3/t16-/m0/s1. The third-order valence-electron chi connectivity index (χ3n) is 3.45. The number of hydrogen-bond acceptors (Lipinski definition) is 3. The fourth-order valence-corrected chi connectivity index (χ4v) is 2.27. The Morgan fingerprint density at radius 2 is 1.71 bits per heavy atom. The first kappa shape index (κ1) is 14.9. The Morgan fingerprint density at radius 3 is 2.29 bits per heavy atom.